The van der Waals surface area contributed by atoms with E-state index in [1.54, 1.807) is 15.8 Å². The molecule has 234 valence electrons. The van der Waals surface area contributed by atoms with Crippen LogP contribution in [0.25, 0.3) is 10.9 Å². The Balaban J connectivity index is 1.18. The number of fused-ring (bicyclic) bond motifs is 4. The lowest BCUT2D eigenvalue weighted by atomic mass is 10.0. The molecule has 0 radical (unpaired) electrons. The first-order valence-electron chi connectivity index (χ1n) is 15.6. The fourth-order valence-corrected chi connectivity index (χ4v) is 6.17. The third-order valence-electron chi connectivity index (χ3n) is 8.57. The van der Waals surface area contributed by atoms with E-state index in [9.17, 15) is 19.2 Å². The fraction of sp³-hybridized carbons (Fsp3) is 0.394. The van der Waals surface area contributed by atoms with Gasteiger partial charge in [-0.3, -0.25) is 23.9 Å². The predicted octanol–water partition coefficient (Wildman–Crippen LogP) is 1.96. The van der Waals surface area contributed by atoms with Crippen LogP contribution in [0.2, 0.25) is 0 Å². The van der Waals surface area contributed by atoms with E-state index in [-0.39, 0.29) is 49.7 Å². The number of para-hydroxylation sites is 1. The lowest BCUT2D eigenvalue weighted by Crippen LogP contribution is -2.64. The number of nitrogens with one attached hydrogen (secondary N) is 3. The van der Waals surface area contributed by atoms with E-state index in [0.717, 1.165) is 22.9 Å². The number of aromatic nitrogens is 4. The van der Waals surface area contributed by atoms with Crippen molar-refractivity contribution in [1.29, 1.82) is 0 Å². The molecule has 0 unspecified atom stereocenters. The van der Waals surface area contributed by atoms with Gasteiger partial charge in [0.2, 0.25) is 23.6 Å². The van der Waals surface area contributed by atoms with Crippen LogP contribution in [0.4, 0.5) is 0 Å². The second-order valence-electron chi connectivity index (χ2n) is 11.7. The molecule has 0 aliphatic carbocycles. The van der Waals surface area contributed by atoms with Crippen molar-refractivity contribution in [2.24, 2.45) is 0 Å². The van der Waals surface area contributed by atoms with Gasteiger partial charge in [-0.2, -0.15) is 0 Å². The number of amides is 4. The lowest BCUT2D eigenvalue weighted by molar-refractivity contribution is -0.150. The van der Waals surface area contributed by atoms with Gasteiger partial charge in [0.25, 0.3) is 0 Å². The summed E-state index contributed by atoms with van der Waals surface area (Å²) >= 11 is 0. The maximum Gasteiger partial charge on any atom is 0.246 e. The SMILES string of the molecule is O=C1CCCn2cc(nn2)CNC(=O)[C@H]2CN(C(=O)CCCc3c[nH]c4ccccc34)CCN2C(=O)[C@H](Cc2ccccc2)N1. The second kappa shape index (κ2) is 13.7. The third kappa shape index (κ3) is 7.22. The van der Waals surface area contributed by atoms with E-state index in [1.165, 1.54) is 10.5 Å². The molecule has 0 spiro atoms. The van der Waals surface area contributed by atoms with Gasteiger partial charge in [0.1, 0.15) is 17.8 Å². The monoisotopic (exact) mass is 610 g/mol. The number of hydrogen-bond donors (Lipinski definition) is 3. The van der Waals surface area contributed by atoms with Gasteiger partial charge in [0.05, 0.1) is 19.3 Å². The molecule has 2 aromatic heterocycles. The maximum atomic E-state index is 14.1. The third-order valence-corrected chi connectivity index (χ3v) is 8.57. The van der Waals surface area contributed by atoms with Crippen molar-refractivity contribution in [3.8, 4) is 0 Å². The van der Waals surface area contributed by atoms with Gasteiger partial charge in [0.15, 0.2) is 0 Å². The Kier molecular flexibility index (Phi) is 9.18. The quantitative estimate of drug-likeness (QED) is 0.304. The van der Waals surface area contributed by atoms with Gasteiger partial charge in [-0.25, -0.2) is 0 Å². The average molecular weight is 611 g/mol. The van der Waals surface area contributed by atoms with E-state index >= 15 is 0 Å². The summed E-state index contributed by atoms with van der Waals surface area (Å²) in [6.45, 7) is 1.19. The van der Waals surface area contributed by atoms with Crippen LogP contribution in [-0.2, 0) is 45.1 Å². The number of carbonyl (C=O) groups is 4. The van der Waals surface area contributed by atoms with Crippen LogP contribution >= 0.6 is 0 Å². The van der Waals surface area contributed by atoms with Gasteiger partial charge in [-0.15, -0.1) is 5.10 Å². The molecule has 1 fully saturated rings. The van der Waals surface area contributed by atoms with Crippen LogP contribution in [0.1, 0.15) is 42.5 Å². The van der Waals surface area contributed by atoms with E-state index in [4.69, 9.17) is 0 Å². The lowest BCUT2D eigenvalue weighted by Gasteiger charge is -2.42. The minimum Gasteiger partial charge on any atom is -0.361 e. The number of hydrogen-bond acceptors (Lipinski definition) is 6. The minimum absolute atomic E-state index is 0.0530. The molecule has 2 bridgehead atoms. The Morgan fingerprint density at radius 1 is 0.978 bits per heavy atom. The van der Waals surface area contributed by atoms with Gasteiger partial charge in [-0.05, 0) is 36.5 Å². The van der Waals surface area contributed by atoms with E-state index in [0.29, 0.717) is 44.5 Å². The van der Waals surface area contributed by atoms with Crippen molar-refractivity contribution < 1.29 is 19.2 Å². The fourth-order valence-electron chi connectivity index (χ4n) is 6.17. The predicted molar refractivity (Wildman–Crippen MR) is 166 cm³/mol. The molecule has 2 aliphatic rings. The van der Waals surface area contributed by atoms with E-state index in [1.807, 2.05) is 54.7 Å². The standard InChI is InChI=1S/C33H38N8O4/c42-30-13-7-15-40-21-25(37-38-40)20-35-32(44)29-22-39(31(43)14-6-10-24-19-34-27-12-5-4-11-26(24)27)16-17-41(29)33(45)28(36-30)18-23-8-2-1-3-9-23/h1-5,8-9,11-12,19,21,28-29,34H,6-7,10,13-18,20,22H2,(H,35,44)(H,36,42)/t28-,29+/m0/s1. The van der Waals surface area contributed by atoms with Crippen molar-refractivity contribution in [2.75, 3.05) is 19.6 Å². The highest BCUT2D eigenvalue weighted by atomic mass is 16.2. The Morgan fingerprint density at radius 3 is 2.67 bits per heavy atom. The number of rotatable bonds is 6. The smallest absolute Gasteiger partial charge is 0.246 e. The first kappa shape index (κ1) is 30.0. The molecule has 1 saturated heterocycles. The van der Waals surface area contributed by atoms with E-state index < -0.39 is 12.1 Å². The van der Waals surface area contributed by atoms with Gasteiger partial charge in [-0.1, -0.05) is 53.7 Å². The molecule has 45 heavy (non-hydrogen) atoms. The summed E-state index contributed by atoms with van der Waals surface area (Å²) in [6.07, 6.45) is 6.51. The molecule has 4 aromatic rings. The van der Waals surface area contributed by atoms with Crippen molar-refractivity contribution in [3.05, 3.63) is 83.8 Å². The summed E-state index contributed by atoms with van der Waals surface area (Å²) in [5, 5.41) is 15.2. The Labute approximate surface area is 261 Å². The highest BCUT2D eigenvalue weighted by molar-refractivity contribution is 5.93. The molecule has 4 amide bonds. The summed E-state index contributed by atoms with van der Waals surface area (Å²) in [4.78, 5) is 60.6. The Hall–Kier alpha value is -5.00. The Morgan fingerprint density at radius 2 is 1.80 bits per heavy atom. The molecule has 3 N–H and O–H groups in total. The number of benzene rings is 2. The summed E-state index contributed by atoms with van der Waals surface area (Å²) in [5.74, 6) is -1.01. The average Bonchev–Trinajstić information content (AvgIpc) is 3.69. The summed E-state index contributed by atoms with van der Waals surface area (Å²) in [6, 6.07) is 15.8. The minimum atomic E-state index is -0.917. The summed E-state index contributed by atoms with van der Waals surface area (Å²) in [7, 11) is 0. The van der Waals surface area contributed by atoms with Crippen LogP contribution in [0.5, 0.6) is 0 Å². The van der Waals surface area contributed by atoms with Crippen LogP contribution in [-0.4, -0.2) is 85.1 Å². The zero-order valence-corrected chi connectivity index (χ0v) is 25.2. The Bertz CT molecular complexity index is 1670. The molecular formula is C33H38N8O4. The molecule has 12 nitrogen and oxygen atoms in total. The van der Waals surface area contributed by atoms with Crippen LogP contribution in [0.3, 0.4) is 0 Å². The molecule has 2 aromatic carbocycles. The number of piperazine rings is 1. The van der Waals surface area contributed by atoms with Crippen LogP contribution in [0, 0.1) is 0 Å². The largest absolute Gasteiger partial charge is 0.361 e. The summed E-state index contributed by atoms with van der Waals surface area (Å²) < 4.78 is 1.64. The number of carbonyl (C=O) groups excluding carboxylic acids is 4. The zero-order chi connectivity index (χ0) is 31.2. The van der Waals surface area contributed by atoms with Gasteiger partial charge < -0.3 is 25.4 Å². The molecule has 12 heteroatoms. The molecule has 4 heterocycles. The number of aryl methyl sites for hydroxylation is 2. The highest BCUT2D eigenvalue weighted by Gasteiger charge is 2.39. The molecule has 2 atom stereocenters. The van der Waals surface area contributed by atoms with Crippen molar-refractivity contribution in [1.82, 2.24) is 40.4 Å². The second-order valence-corrected chi connectivity index (χ2v) is 11.7. The maximum absolute atomic E-state index is 14.1. The number of nitrogens with zero attached hydrogens (tertiary/aromatic N) is 5. The molecular weight excluding hydrogens is 572 g/mol. The normalized spacial score (nSPS) is 19.8. The zero-order valence-electron chi connectivity index (χ0n) is 25.2. The molecule has 0 saturated carbocycles. The molecule has 2 aliphatic heterocycles. The number of aromatic amines is 1. The van der Waals surface area contributed by atoms with Crippen molar-refractivity contribution in [2.45, 2.75) is 63.7 Å². The number of H-pyrrole nitrogens is 1. The van der Waals surface area contributed by atoms with Crippen molar-refractivity contribution >= 4 is 34.5 Å². The van der Waals surface area contributed by atoms with Gasteiger partial charge in [0, 0.05) is 56.0 Å². The first-order valence-corrected chi connectivity index (χ1v) is 15.6. The molecule has 6 rings (SSSR count). The highest BCUT2D eigenvalue weighted by Crippen LogP contribution is 2.21. The van der Waals surface area contributed by atoms with Crippen LogP contribution in [0.15, 0.2) is 67.0 Å². The van der Waals surface area contributed by atoms with Gasteiger partial charge >= 0.3 is 0 Å². The van der Waals surface area contributed by atoms with Crippen LogP contribution < -0.4 is 10.6 Å². The topological polar surface area (TPSA) is 145 Å². The summed E-state index contributed by atoms with van der Waals surface area (Å²) in [5.41, 5.74) is 3.70. The van der Waals surface area contributed by atoms with Crippen molar-refractivity contribution in [3.63, 3.8) is 0 Å². The van der Waals surface area contributed by atoms with E-state index in [2.05, 4.69) is 32.0 Å². The first-order chi connectivity index (χ1) is 21.9.